The van der Waals surface area contributed by atoms with Gasteiger partial charge < -0.3 is 10.3 Å². The number of rotatable bonds is 4. The van der Waals surface area contributed by atoms with Crippen LogP contribution in [-0.2, 0) is 6.42 Å². The molecule has 1 aromatic heterocycles. The molecule has 170 valence electrons. The second kappa shape index (κ2) is 8.90. The van der Waals surface area contributed by atoms with E-state index in [1.54, 1.807) is 18.2 Å². The van der Waals surface area contributed by atoms with Crippen LogP contribution in [0.5, 0.6) is 0 Å². The average molecular weight is 488 g/mol. The van der Waals surface area contributed by atoms with Gasteiger partial charge >= 0.3 is 6.18 Å². The minimum absolute atomic E-state index is 0.0523. The van der Waals surface area contributed by atoms with Crippen LogP contribution in [0.1, 0.15) is 47.4 Å². The maximum absolute atomic E-state index is 14.6. The normalized spacial score (nSPS) is 19.3. The number of amides is 1. The van der Waals surface area contributed by atoms with Crippen molar-refractivity contribution in [1.29, 1.82) is 0 Å². The Balaban J connectivity index is 1.49. The summed E-state index contributed by atoms with van der Waals surface area (Å²) in [7, 11) is 0. The highest BCUT2D eigenvalue weighted by atomic mass is 35.5. The van der Waals surface area contributed by atoms with Crippen molar-refractivity contribution in [2.75, 3.05) is 0 Å². The smallest absolute Gasteiger partial charge is 0.349 e. The van der Waals surface area contributed by atoms with Gasteiger partial charge in [0.1, 0.15) is 11.6 Å². The molecular formula is C22H19Cl2F4N3O. The molecule has 1 fully saturated rings. The van der Waals surface area contributed by atoms with Crippen LogP contribution in [-0.4, -0.2) is 28.1 Å². The van der Waals surface area contributed by atoms with E-state index < -0.39 is 29.9 Å². The molecule has 1 heterocycles. The first-order valence-electron chi connectivity index (χ1n) is 10.1. The highest BCUT2D eigenvalue weighted by Crippen LogP contribution is 2.37. The topological polar surface area (TPSA) is 57.8 Å². The second-order valence-electron chi connectivity index (χ2n) is 7.97. The Morgan fingerprint density at radius 2 is 1.78 bits per heavy atom. The van der Waals surface area contributed by atoms with E-state index in [0.29, 0.717) is 38.9 Å². The lowest BCUT2D eigenvalue weighted by Crippen LogP contribution is -2.40. The number of hydrogen-bond acceptors (Lipinski definition) is 2. The van der Waals surface area contributed by atoms with E-state index in [1.165, 1.54) is 12.1 Å². The fourth-order valence-corrected chi connectivity index (χ4v) is 4.57. The predicted molar refractivity (Wildman–Crippen MR) is 115 cm³/mol. The number of aromatic amines is 1. The Hall–Kier alpha value is -2.32. The Labute approximate surface area is 191 Å². The minimum atomic E-state index is -4.22. The highest BCUT2D eigenvalue weighted by molar-refractivity contribution is 6.36. The molecule has 0 bridgehead atoms. The van der Waals surface area contributed by atoms with Crippen LogP contribution in [0.2, 0.25) is 10.0 Å². The van der Waals surface area contributed by atoms with Gasteiger partial charge in [0.15, 0.2) is 0 Å². The zero-order valence-electron chi connectivity index (χ0n) is 16.7. The predicted octanol–water partition coefficient (Wildman–Crippen LogP) is 6.45. The van der Waals surface area contributed by atoms with Crippen LogP contribution in [0, 0.1) is 11.7 Å². The van der Waals surface area contributed by atoms with Crippen molar-refractivity contribution in [1.82, 2.24) is 15.3 Å². The van der Waals surface area contributed by atoms with Gasteiger partial charge in [-0.2, -0.15) is 13.2 Å². The molecule has 10 heteroatoms. The average Bonchev–Trinajstić information content (AvgIpc) is 3.11. The summed E-state index contributed by atoms with van der Waals surface area (Å²) in [6.07, 6.45) is -3.64. The van der Waals surface area contributed by atoms with Crippen LogP contribution in [0.25, 0.3) is 11.0 Å². The molecule has 0 saturated heterocycles. The summed E-state index contributed by atoms with van der Waals surface area (Å²) >= 11 is 12.4. The molecular weight excluding hydrogens is 469 g/mol. The van der Waals surface area contributed by atoms with Gasteiger partial charge in [-0.15, -0.1) is 0 Å². The number of hydrogen-bond donors (Lipinski definition) is 2. The first-order valence-corrected chi connectivity index (χ1v) is 10.9. The fourth-order valence-electron chi connectivity index (χ4n) is 4.04. The largest absolute Gasteiger partial charge is 0.391 e. The van der Waals surface area contributed by atoms with E-state index in [-0.39, 0.29) is 31.2 Å². The molecule has 2 aromatic carbocycles. The summed E-state index contributed by atoms with van der Waals surface area (Å²) in [5.74, 6) is -2.27. The van der Waals surface area contributed by atoms with Crippen molar-refractivity contribution in [2.45, 2.75) is 44.3 Å². The maximum atomic E-state index is 14.6. The number of nitrogens with zero attached hydrogens (tertiary/aromatic N) is 1. The number of aromatic nitrogens is 2. The molecule has 2 N–H and O–H groups in total. The summed E-state index contributed by atoms with van der Waals surface area (Å²) < 4.78 is 53.1. The molecule has 32 heavy (non-hydrogen) atoms. The van der Waals surface area contributed by atoms with Gasteiger partial charge in [0.25, 0.3) is 5.91 Å². The Morgan fingerprint density at radius 3 is 2.41 bits per heavy atom. The Kier molecular flexibility index (Phi) is 6.36. The van der Waals surface area contributed by atoms with Crippen LogP contribution >= 0.6 is 23.2 Å². The van der Waals surface area contributed by atoms with Crippen molar-refractivity contribution < 1.29 is 22.4 Å². The zero-order valence-corrected chi connectivity index (χ0v) is 18.2. The first-order chi connectivity index (χ1) is 15.1. The van der Waals surface area contributed by atoms with E-state index in [4.69, 9.17) is 23.2 Å². The van der Waals surface area contributed by atoms with Crippen LogP contribution in [0.4, 0.5) is 17.6 Å². The number of alkyl halides is 3. The molecule has 0 spiro atoms. The third-order valence-corrected chi connectivity index (χ3v) is 6.50. The van der Waals surface area contributed by atoms with E-state index in [9.17, 15) is 22.4 Å². The van der Waals surface area contributed by atoms with Gasteiger partial charge in [-0.05, 0) is 49.4 Å². The third kappa shape index (κ3) is 4.86. The van der Waals surface area contributed by atoms with Crippen molar-refractivity contribution in [2.24, 2.45) is 5.92 Å². The molecule has 4 nitrogen and oxygen atoms in total. The number of nitrogens with one attached hydrogen (secondary N) is 2. The second-order valence-corrected chi connectivity index (χ2v) is 8.79. The quantitative estimate of drug-likeness (QED) is 0.415. The van der Waals surface area contributed by atoms with E-state index in [1.807, 2.05) is 0 Å². The SMILES string of the molecule is O=C(NC1CCC(C(F)(F)F)CC1)c1cc2nc(Cc3c(Cl)cccc3Cl)[nH]c2cc1F. The minimum Gasteiger partial charge on any atom is -0.349 e. The lowest BCUT2D eigenvalue weighted by molar-refractivity contribution is -0.182. The monoisotopic (exact) mass is 487 g/mol. The number of fused-ring (bicyclic) bond motifs is 1. The van der Waals surface area contributed by atoms with Gasteiger partial charge in [0.2, 0.25) is 0 Å². The number of carbonyl (C=O) groups is 1. The van der Waals surface area contributed by atoms with E-state index in [0.717, 1.165) is 0 Å². The van der Waals surface area contributed by atoms with Gasteiger partial charge in [-0.1, -0.05) is 29.3 Å². The van der Waals surface area contributed by atoms with Gasteiger partial charge in [-0.3, -0.25) is 4.79 Å². The summed E-state index contributed by atoms with van der Waals surface area (Å²) in [6, 6.07) is 7.22. The van der Waals surface area contributed by atoms with Gasteiger partial charge in [0, 0.05) is 28.6 Å². The van der Waals surface area contributed by atoms with Gasteiger partial charge in [-0.25, -0.2) is 9.37 Å². The van der Waals surface area contributed by atoms with Crippen molar-refractivity contribution >= 4 is 40.1 Å². The lowest BCUT2D eigenvalue weighted by Gasteiger charge is -2.30. The molecule has 1 aliphatic carbocycles. The zero-order chi connectivity index (χ0) is 23.0. The number of halogens is 6. The van der Waals surface area contributed by atoms with Crippen LogP contribution < -0.4 is 5.32 Å². The molecule has 1 aliphatic rings. The first kappa shape index (κ1) is 22.9. The number of H-pyrrole nitrogens is 1. The Bertz CT molecular complexity index is 1130. The van der Waals surface area contributed by atoms with Crippen molar-refractivity contribution in [3.8, 4) is 0 Å². The molecule has 0 radical (unpaired) electrons. The molecule has 0 atom stereocenters. The van der Waals surface area contributed by atoms with Gasteiger partial charge in [0.05, 0.1) is 22.5 Å². The summed E-state index contributed by atoms with van der Waals surface area (Å²) in [5, 5.41) is 3.61. The standard InChI is InChI=1S/C22H19Cl2F4N3O/c23-15-2-1-3-16(24)13(15)9-20-30-18-8-14(17(25)10-19(18)31-20)21(32)29-12-6-4-11(5-7-12)22(26,27)28/h1-3,8,10-12H,4-7,9H2,(H,29,32)(H,30,31). The van der Waals surface area contributed by atoms with Crippen LogP contribution in [0.15, 0.2) is 30.3 Å². The van der Waals surface area contributed by atoms with Crippen LogP contribution in [0.3, 0.4) is 0 Å². The molecule has 0 aliphatic heterocycles. The maximum Gasteiger partial charge on any atom is 0.391 e. The molecule has 3 aromatic rings. The van der Waals surface area contributed by atoms with E-state index >= 15 is 0 Å². The van der Waals surface area contributed by atoms with Crippen molar-refractivity contribution in [3.63, 3.8) is 0 Å². The molecule has 1 saturated carbocycles. The molecule has 0 unspecified atom stereocenters. The van der Waals surface area contributed by atoms with Crippen molar-refractivity contribution in [3.05, 3.63) is 63.1 Å². The number of carbonyl (C=O) groups excluding carboxylic acids is 1. The third-order valence-electron chi connectivity index (χ3n) is 5.80. The fraction of sp³-hybridized carbons (Fsp3) is 0.364. The summed E-state index contributed by atoms with van der Waals surface area (Å²) in [6.45, 7) is 0. The lowest BCUT2D eigenvalue weighted by atomic mass is 9.85. The highest BCUT2D eigenvalue weighted by Gasteiger charge is 2.41. The number of benzene rings is 2. The van der Waals surface area contributed by atoms with E-state index in [2.05, 4.69) is 15.3 Å². The molecule has 1 amide bonds. The Morgan fingerprint density at radius 1 is 1.12 bits per heavy atom. The summed E-state index contributed by atoms with van der Waals surface area (Å²) in [5.41, 5.74) is 1.26. The number of imidazole rings is 1. The summed E-state index contributed by atoms with van der Waals surface area (Å²) in [4.78, 5) is 20.0. The molecule has 4 rings (SSSR count).